The van der Waals surface area contributed by atoms with Crippen LogP contribution in [-0.4, -0.2) is 39.1 Å². The third-order valence-corrected chi connectivity index (χ3v) is 4.47. The molecule has 1 aliphatic rings. The zero-order chi connectivity index (χ0) is 19.1. The number of hydrogen-bond acceptors (Lipinski definition) is 6. The number of halogens is 1. The van der Waals surface area contributed by atoms with Crippen molar-refractivity contribution < 1.29 is 9.18 Å². The molecule has 142 valence electrons. The number of aldehydes is 1. The number of nitrogens with zero attached hydrogens (tertiary/aromatic N) is 5. The fraction of sp³-hybridized carbons (Fsp3) is 0.368. The molecule has 0 bridgehead atoms. The molecule has 2 aromatic heterocycles. The average Bonchev–Trinajstić information content (AvgIpc) is 3.17. The van der Waals surface area contributed by atoms with E-state index in [9.17, 15) is 9.18 Å². The van der Waals surface area contributed by atoms with Crippen molar-refractivity contribution in [2.24, 2.45) is 0 Å². The standard InChI is InChI=1S/C19H23FN6O/c1-25(10-6-3-7-11-27)16-12-22-26(14-16)18-17(20)13-21-19(24-18)23-15-8-4-2-5-9-15/h3,6-7,10-15H,2,4-5,8-9H2,1H3,(H,21,23,24)/b7-3-,10-6-. The Morgan fingerprint density at radius 2 is 2.04 bits per heavy atom. The zero-order valence-electron chi connectivity index (χ0n) is 15.3. The first-order valence-corrected chi connectivity index (χ1v) is 9.03. The molecule has 0 spiro atoms. The molecule has 0 saturated heterocycles. The van der Waals surface area contributed by atoms with E-state index in [1.807, 2.05) is 7.05 Å². The third-order valence-electron chi connectivity index (χ3n) is 4.47. The first kappa shape index (κ1) is 18.8. The van der Waals surface area contributed by atoms with Crippen molar-refractivity contribution in [1.29, 1.82) is 0 Å². The summed E-state index contributed by atoms with van der Waals surface area (Å²) in [6, 6.07) is 0.334. The summed E-state index contributed by atoms with van der Waals surface area (Å²) in [6.07, 6.45) is 17.5. The minimum atomic E-state index is -0.536. The van der Waals surface area contributed by atoms with Crippen molar-refractivity contribution in [1.82, 2.24) is 19.7 Å². The fourth-order valence-electron chi connectivity index (χ4n) is 3.00. The van der Waals surface area contributed by atoms with Crippen LogP contribution in [0.15, 0.2) is 43.0 Å². The number of carbonyl (C=O) groups excluding carboxylic acids is 1. The Kier molecular flexibility index (Phi) is 6.30. The monoisotopic (exact) mass is 370 g/mol. The van der Waals surface area contributed by atoms with Gasteiger partial charge in [-0.05, 0) is 25.0 Å². The van der Waals surface area contributed by atoms with Crippen LogP contribution in [0, 0.1) is 5.82 Å². The van der Waals surface area contributed by atoms with Crippen LogP contribution in [0.5, 0.6) is 0 Å². The Morgan fingerprint density at radius 1 is 1.22 bits per heavy atom. The highest BCUT2D eigenvalue weighted by Crippen LogP contribution is 2.21. The highest BCUT2D eigenvalue weighted by atomic mass is 19.1. The predicted octanol–water partition coefficient (Wildman–Crippen LogP) is 3.25. The van der Waals surface area contributed by atoms with E-state index < -0.39 is 5.82 Å². The lowest BCUT2D eigenvalue weighted by molar-refractivity contribution is -0.104. The third kappa shape index (κ3) is 4.99. The quantitative estimate of drug-likeness (QED) is 0.458. The van der Waals surface area contributed by atoms with Gasteiger partial charge < -0.3 is 10.2 Å². The number of hydrogen-bond donors (Lipinski definition) is 1. The largest absolute Gasteiger partial charge is 0.351 e. The van der Waals surface area contributed by atoms with Crippen LogP contribution < -0.4 is 10.2 Å². The Morgan fingerprint density at radius 3 is 2.81 bits per heavy atom. The molecule has 3 rings (SSSR count). The number of nitrogens with one attached hydrogen (secondary N) is 1. The van der Waals surface area contributed by atoms with Gasteiger partial charge in [0.2, 0.25) is 5.95 Å². The van der Waals surface area contributed by atoms with Crippen LogP contribution in [0.3, 0.4) is 0 Å². The molecule has 1 fully saturated rings. The van der Waals surface area contributed by atoms with Gasteiger partial charge in [0.15, 0.2) is 11.6 Å². The van der Waals surface area contributed by atoms with E-state index >= 15 is 0 Å². The van der Waals surface area contributed by atoms with Crippen molar-refractivity contribution in [3.05, 3.63) is 48.8 Å². The Hall–Kier alpha value is -3.03. The average molecular weight is 370 g/mol. The SMILES string of the molecule is CN(/C=C\C=C/C=O)c1cnn(-c2nc(NC3CCCCC3)ncc2F)c1. The molecule has 7 nitrogen and oxygen atoms in total. The molecule has 2 aromatic rings. The van der Waals surface area contributed by atoms with Crippen LogP contribution in [0.2, 0.25) is 0 Å². The van der Waals surface area contributed by atoms with Gasteiger partial charge in [0.25, 0.3) is 0 Å². The summed E-state index contributed by atoms with van der Waals surface area (Å²) in [5.74, 6) is -0.0126. The van der Waals surface area contributed by atoms with Crippen molar-refractivity contribution in [2.45, 2.75) is 38.1 Å². The Balaban J connectivity index is 1.74. The van der Waals surface area contributed by atoms with E-state index in [4.69, 9.17) is 0 Å². The summed E-state index contributed by atoms with van der Waals surface area (Å²) in [6.45, 7) is 0. The van der Waals surface area contributed by atoms with E-state index in [-0.39, 0.29) is 5.82 Å². The molecule has 27 heavy (non-hydrogen) atoms. The van der Waals surface area contributed by atoms with Crippen LogP contribution in [0.4, 0.5) is 16.0 Å². The van der Waals surface area contributed by atoms with Gasteiger partial charge >= 0.3 is 0 Å². The summed E-state index contributed by atoms with van der Waals surface area (Å²) in [5, 5.41) is 7.51. The summed E-state index contributed by atoms with van der Waals surface area (Å²) < 4.78 is 15.6. The second-order valence-electron chi connectivity index (χ2n) is 6.46. The number of carbonyl (C=O) groups is 1. The number of anilines is 2. The van der Waals surface area contributed by atoms with Gasteiger partial charge in [-0.2, -0.15) is 10.1 Å². The van der Waals surface area contributed by atoms with Crippen molar-refractivity contribution >= 4 is 17.9 Å². The van der Waals surface area contributed by atoms with E-state index in [1.54, 1.807) is 35.6 Å². The van der Waals surface area contributed by atoms with Crippen molar-refractivity contribution in [3.63, 3.8) is 0 Å². The minimum absolute atomic E-state index is 0.104. The first-order chi connectivity index (χ1) is 13.2. The van der Waals surface area contributed by atoms with Gasteiger partial charge in [0.05, 0.1) is 24.3 Å². The molecular weight excluding hydrogens is 347 g/mol. The fourth-order valence-corrected chi connectivity index (χ4v) is 3.00. The Labute approximate surface area is 157 Å². The second-order valence-corrected chi connectivity index (χ2v) is 6.46. The molecule has 8 heteroatoms. The van der Waals surface area contributed by atoms with Crippen LogP contribution in [0.25, 0.3) is 5.82 Å². The van der Waals surface area contributed by atoms with Crippen molar-refractivity contribution in [3.8, 4) is 5.82 Å². The zero-order valence-corrected chi connectivity index (χ0v) is 15.3. The van der Waals surface area contributed by atoms with E-state index in [1.165, 1.54) is 36.2 Å². The normalized spacial score (nSPS) is 15.5. The number of rotatable bonds is 7. The summed E-state index contributed by atoms with van der Waals surface area (Å²) in [5.41, 5.74) is 0.755. The van der Waals surface area contributed by atoms with Gasteiger partial charge in [-0.3, -0.25) is 4.79 Å². The highest BCUT2D eigenvalue weighted by Gasteiger charge is 2.16. The van der Waals surface area contributed by atoms with Gasteiger partial charge in [-0.25, -0.2) is 14.1 Å². The maximum absolute atomic E-state index is 14.2. The smallest absolute Gasteiger partial charge is 0.225 e. The molecule has 0 atom stereocenters. The number of aromatic nitrogens is 4. The highest BCUT2D eigenvalue weighted by molar-refractivity contribution is 5.65. The van der Waals surface area contributed by atoms with Crippen LogP contribution in [-0.2, 0) is 4.79 Å². The van der Waals surface area contributed by atoms with Gasteiger partial charge in [-0.1, -0.05) is 25.3 Å². The predicted molar refractivity (Wildman–Crippen MR) is 102 cm³/mol. The maximum Gasteiger partial charge on any atom is 0.225 e. The molecule has 0 unspecified atom stereocenters. The van der Waals surface area contributed by atoms with E-state index in [2.05, 4.69) is 20.4 Å². The van der Waals surface area contributed by atoms with Crippen molar-refractivity contribution in [2.75, 3.05) is 17.3 Å². The first-order valence-electron chi connectivity index (χ1n) is 9.03. The lowest BCUT2D eigenvalue weighted by Gasteiger charge is -2.22. The van der Waals surface area contributed by atoms with Crippen LogP contribution in [0.1, 0.15) is 32.1 Å². The van der Waals surface area contributed by atoms with E-state index in [0.717, 1.165) is 18.5 Å². The number of allylic oxidation sites excluding steroid dienone is 3. The summed E-state index contributed by atoms with van der Waals surface area (Å²) >= 11 is 0. The lowest BCUT2D eigenvalue weighted by Crippen LogP contribution is -2.24. The topological polar surface area (TPSA) is 75.9 Å². The van der Waals surface area contributed by atoms with Crippen LogP contribution >= 0.6 is 0 Å². The molecule has 0 aromatic carbocycles. The minimum Gasteiger partial charge on any atom is -0.351 e. The molecular formula is C19H23FN6O. The molecule has 1 saturated carbocycles. The van der Waals surface area contributed by atoms with Gasteiger partial charge in [-0.15, -0.1) is 0 Å². The Bertz CT molecular complexity index is 825. The van der Waals surface area contributed by atoms with Gasteiger partial charge in [0, 0.05) is 19.3 Å². The maximum atomic E-state index is 14.2. The molecule has 0 radical (unpaired) electrons. The van der Waals surface area contributed by atoms with Gasteiger partial charge in [0.1, 0.15) is 6.29 Å². The molecule has 0 aliphatic heterocycles. The molecule has 1 N–H and O–H groups in total. The second kappa shape index (κ2) is 9.07. The van der Waals surface area contributed by atoms with E-state index in [0.29, 0.717) is 18.3 Å². The summed E-state index contributed by atoms with van der Waals surface area (Å²) in [4.78, 5) is 20.4. The summed E-state index contributed by atoms with van der Waals surface area (Å²) in [7, 11) is 1.83. The molecule has 2 heterocycles. The lowest BCUT2D eigenvalue weighted by atomic mass is 9.96. The molecule has 1 aliphatic carbocycles. The molecule has 0 amide bonds.